The first-order chi connectivity index (χ1) is 14.7. The summed E-state index contributed by atoms with van der Waals surface area (Å²) in [6.45, 7) is 1.45. The van der Waals surface area contributed by atoms with Gasteiger partial charge in [0.25, 0.3) is 5.91 Å². The van der Waals surface area contributed by atoms with Crippen molar-refractivity contribution in [2.45, 2.75) is 23.7 Å². The minimum Gasteiger partial charge on any atom is -0.481 e. The third kappa shape index (κ3) is 5.92. The van der Waals surface area contributed by atoms with Gasteiger partial charge in [0.05, 0.1) is 4.90 Å². The van der Waals surface area contributed by atoms with Gasteiger partial charge in [-0.3, -0.25) is 20.4 Å². The van der Waals surface area contributed by atoms with Gasteiger partial charge in [-0.05, 0) is 55.5 Å². The maximum absolute atomic E-state index is 12.9. The predicted octanol–water partition coefficient (Wildman–Crippen LogP) is 2.62. The summed E-state index contributed by atoms with van der Waals surface area (Å²) in [6, 6.07) is 15.6. The average molecular weight is 446 g/mol. The summed E-state index contributed by atoms with van der Waals surface area (Å²) < 4.78 is 48.3. The molecule has 0 aliphatic carbocycles. The third-order valence-electron chi connectivity index (χ3n) is 4.11. The van der Waals surface area contributed by atoms with Crippen LogP contribution in [0, 0.1) is 5.82 Å². The van der Waals surface area contributed by atoms with E-state index in [9.17, 15) is 22.4 Å². The van der Waals surface area contributed by atoms with E-state index in [1.807, 2.05) is 0 Å². The van der Waals surface area contributed by atoms with Gasteiger partial charge in [-0.1, -0.05) is 18.2 Å². The highest BCUT2D eigenvalue weighted by Gasteiger charge is 2.20. The molecule has 0 spiro atoms. The first-order valence-electron chi connectivity index (χ1n) is 9.13. The highest BCUT2D eigenvalue weighted by Crippen LogP contribution is 2.18. The van der Waals surface area contributed by atoms with Gasteiger partial charge in [-0.2, -0.15) is 0 Å². The smallest absolute Gasteiger partial charge is 0.305 e. The van der Waals surface area contributed by atoms with E-state index in [4.69, 9.17) is 9.15 Å². The molecule has 2 N–H and O–H groups in total. The van der Waals surface area contributed by atoms with Crippen molar-refractivity contribution in [3.05, 3.63) is 84.1 Å². The fourth-order valence-electron chi connectivity index (χ4n) is 2.53. The SMILES string of the molecule is CC(Oc1ccc(F)cc1)C(=O)NNC(=O)c1ccc(CS(=O)(=O)c2ccccc2)o1. The fraction of sp³-hybridized carbons (Fsp3) is 0.143. The second-order valence-electron chi connectivity index (χ2n) is 6.50. The molecule has 0 bridgehead atoms. The van der Waals surface area contributed by atoms with Crippen LogP contribution in [0.4, 0.5) is 4.39 Å². The Labute approximate surface area is 177 Å². The third-order valence-corrected chi connectivity index (χ3v) is 5.77. The zero-order valence-corrected chi connectivity index (χ0v) is 17.2. The van der Waals surface area contributed by atoms with E-state index in [2.05, 4.69) is 10.9 Å². The first-order valence-corrected chi connectivity index (χ1v) is 10.8. The van der Waals surface area contributed by atoms with Crippen molar-refractivity contribution in [3.8, 4) is 5.75 Å². The van der Waals surface area contributed by atoms with E-state index in [1.54, 1.807) is 18.2 Å². The Kier molecular flexibility index (Phi) is 6.71. The zero-order valence-electron chi connectivity index (χ0n) is 16.4. The molecular formula is C21H19FN2O6S. The number of nitrogens with one attached hydrogen (secondary N) is 2. The van der Waals surface area contributed by atoms with Crippen LogP contribution in [0.15, 0.2) is 76.0 Å². The molecule has 3 rings (SSSR count). The molecule has 0 saturated heterocycles. The van der Waals surface area contributed by atoms with Crippen LogP contribution in [0.5, 0.6) is 5.75 Å². The number of rotatable bonds is 7. The molecular weight excluding hydrogens is 427 g/mol. The number of halogens is 1. The molecule has 162 valence electrons. The molecule has 3 aromatic rings. The highest BCUT2D eigenvalue weighted by atomic mass is 32.2. The van der Waals surface area contributed by atoms with Crippen LogP contribution in [0.3, 0.4) is 0 Å². The number of carbonyl (C=O) groups excluding carboxylic acids is 2. The summed E-state index contributed by atoms with van der Waals surface area (Å²) in [5, 5.41) is 0. The number of hydrogen-bond acceptors (Lipinski definition) is 6. The van der Waals surface area contributed by atoms with Crippen molar-refractivity contribution in [2.75, 3.05) is 0 Å². The predicted molar refractivity (Wildman–Crippen MR) is 108 cm³/mol. The topological polar surface area (TPSA) is 115 Å². The van der Waals surface area contributed by atoms with Crippen LogP contribution < -0.4 is 15.6 Å². The summed E-state index contributed by atoms with van der Waals surface area (Å²) in [4.78, 5) is 24.4. The highest BCUT2D eigenvalue weighted by molar-refractivity contribution is 7.90. The Morgan fingerprint density at radius 3 is 2.35 bits per heavy atom. The molecule has 1 unspecified atom stereocenters. The summed E-state index contributed by atoms with van der Waals surface area (Å²) in [5.41, 5.74) is 4.34. The fourth-order valence-corrected chi connectivity index (χ4v) is 3.80. The van der Waals surface area contributed by atoms with Crippen LogP contribution in [0.25, 0.3) is 0 Å². The quantitative estimate of drug-likeness (QED) is 0.539. The monoisotopic (exact) mass is 446 g/mol. The molecule has 10 heteroatoms. The van der Waals surface area contributed by atoms with Gasteiger partial charge < -0.3 is 9.15 Å². The summed E-state index contributed by atoms with van der Waals surface area (Å²) in [6.07, 6.45) is -0.978. The number of carbonyl (C=O) groups is 2. The molecule has 0 fully saturated rings. The van der Waals surface area contributed by atoms with E-state index in [1.165, 1.54) is 55.5 Å². The van der Waals surface area contributed by atoms with Gasteiger partial charge in [0.15, 0.2) is 21.7 Å². The van der Waals surface area contributed by atoms with E-state index in [-0.39, 0.29) is 22.2 Å². The maximum Gasteiger partial charge on any atom is 0.305 e. The number of amides is 2. The van der Waals surface area contributed by atoms with Gasteiger partial charge in [-0.15, -0.1) is 0 Å². The lowest BCUT2D eigenvalue weighted by atomic mass is 10.3. The zero-order chi connectivity index (χ0) is 22.4. The average Bonchev–Trinajstić information content (AvgIpc) is 3.22. The van der Waals surface area contributed by atoms with Gasteiger partial charge in [0.1, 0.15) is 23.1 Å². The number of hydrazine groups is 1. The Balaban J connectivity index is 1.53. The minimum absolute atomic E-state index is 0.0772. The van der Waals surface area contributed by atoms with Crippen molar-refractivity contribution in [2.24, 2.45) is 0 Å². The molecule has 8 nitrogen and oxygen atoms in total. The van der Waals surface area contributed by atoms with Gasteiger partial charge >= 0.3 is 5.91 Å². The molecule has 0 radical (unpaired) electrons. The Bertz CT molecular complexity index is 1160. The van der Waals surface area contributed by atoms with Crippen LogP contribution in [0.2, 0.25) is 0 Å². The van der Waals surface area contributed by atoms with Crippen molar-refractivity contribution < 1.29 is 31.6 Å². The molecule has 0 saturated carbocycles. The standard InChI is InChI=1S/C21H19FN2O6S/c1-14(29-16-9-7-15(22)8-10-16)20(25)23-24-21(26)19-12-11-17(30-19)13-31(27,28)18-5-3-2-4-6-18/h2-12,14H,13H2,1H3,(H,23,25)(H,24,26). The number of sulfone groups is 1. The molecule has 1 heterocycles. The van der Waals surface area contributed by atoms with Crippen molar-refractivity contribution >= 4 is 21.7 Å². The van der Waals surface area contributed by atoms with Crippen molar-refractivity contribution in [3.63, 3.8) is 0 Å². The summed E-state index contributed by atoms with van der Waals surface area (Å²) >= 11 is 0. The number of hydrogen-bond donors (Lipinski definition) is 2. The Morgan fingerprint density at radius 2 is 1.68 bits per heavy atom. The minimum atomic E-state index is -3.63. The molecule has 31 heavy (non-hydrogen) atoms. The molecule has 0 aliphatic rings. The molecule has 1 atom stereocenters. The molecule has 1 aromatic heterocycles. The second-order valence-corrected chi connectivity index (χ2v) is 8.49. The van der Waals surface area contributed by atoms with Gasteiger partial charge in [-0.25, -0.2) is 12.8 Å². The van der Waals surface area contributed by atoms with Gasteiger partial charge in [0, 0.05) is 0 Å². The lowest BCUT2D eigenvalue weighted by Crippen LogP contribution is -2.47. The van der Waals surface area contributed by atoms with E-state index in [0.29, 0.717) is 0 Å². The Hall–Kier alpha value is -3.66. The normalized spacial score (nSPS) is 12.1. The molecule has 2 aromatic carbocycles. The lowest BCUT2D eigenvalue weighted by Gasteiger charge is -2.14. The number of ether oxygens (including phenoxy) is 1. The molecule has 2 amide bonds. The number of furan rings is 1. The Morgan fingerprint density at radius 1 is 1.00 bits per heavy atom. The van der Waals surface area contributed by atoms with E-state index in [0.717, 1.165) is 0 Å². The van der Waals surface area contributed by atoms with E-state index < -0.39 is 39.3 Å². The van der Waals surface area contributed by atoms with Crippen molar-refractivity contribution in [1.29, 1.82) is 0 Å². The summed E-state index contributed by atoms with van der Waals surface area (Å²) in [7, 11) is -3.63. The van der Waals surface area contributed by atoms with Crippen molar-refractivity contribution in [1.82, 2.24) is 10.9 Å². The lowest BCUT2D eigenvalue weighted by molar-refractivity contribution is -0.128. The first kappa shape index (κ1) is 22.0. The number of benzene rings is 2. The van der Waals surface area contributed by atoms with Crippen LogP contribution in [-0.4, -0.2) is 26.3 Å². The second kappa shape index (κ2) is 9.43. The summed E-state index contributed by atoms with van der Waals surface area (Å²) in [5.74, 6) is -2.10. The van der Waals surface area contributed by atoms with Gasteiger partial charge in [0.2, 0.25) is 0 Å². The molecule has 0 aliphatic heterocycles. The van der Waals surface area contributed by atoms with Crippen LogP contribution in [-0.2, 0) is 20.4 Å². The van der Waals surface area contributed by atoms with E-state index >= 15 is 0 Å². The largest absolute Gasteiger partial charge is 0.481 e. The maximum atomic E-state index is 12.9. The van der Waals surface area contributed by atoms with Crippen LogP contribution >= 0.6 is 0 Å². The van der Waals surface area contributed by atoms with Crippen LogP contribution in [0.1, 0.15) is 23.2 Å².